The number of aromatic nitrogens is 1. The van der Waals surface area contributed by atoms with Gasteiger partial charge in [-0.3, -0.25) is 5.32 Å². The first-order valence-electron chi connectivity index (χ1n) is 9.36. The smallest absolute Gasteiger partial charge is 0.447 e. The predicted molar refractivity (Wildman–Crippen MR) is 115 cm³/mol. The molecule has 1 aliphatic heterocycles. The van der Waals surface area contributed by atoms with Crippen molar-refractivity contribution in [2.24, 2.45) is 0 Å². The SMILES string of the molecule is CCNCc1cccc2c3cccc(NC(=O)OC(C)C)cc-3nc12.O=P(O)(O)O. The molecule has 1 heterocycles. The van der Waals surface area contributed by atoms with Gasteiger partial charge in [-0.15, -0.1) is 0 Å². The van der Waals surface area contributed by atoms with Gasteiger partial charge in [-0.2, -0.15) is 0 Å². The Morgan fingerprint density at radius 1 is 1.17 bits per heavy atom. The number of para-hydroxylation sites is 1. The third kappa shape index (κ3) is 7.37. The molecule has 1 aromatic carbocycles. The number of carbonyl (C=O) groups excluding carboxylic acids is 1. The van der Waals surface area contributed by atoms with Gasteiger partial charge in [0.15, 0.2) is 0 Å². The summed E-state index contributed by atoms with van der Waals surface area (Å²) in [6, 6.07) is 13.9. The highest BCUT2D eigenvalue weighted by atomic mass is 31.2. The van der Waals surface area contributed by atoms with Crippen molar-refractivity contribution in [2.75, 3.05) is 11.9 Å². The van der Waals surface area contributed by atoms with Crippen LogP contribution in [0.2, 0.25) is 0 Å². The maximum absolute atomic E-state index is 11.8. The van der Waals surface area contributed by atoms with E-state index in [2.05, 4.69) is 35.8 Å². The number of phosphoric acid groups is 1. The first kappa shape index (κ1) is 23.7. The van der Waals surface area contributed by atoms with Gasteiger partial charge in [0.1, 0.15) is 0 Å². The second kappa shape index (κ2) is 10.5. The van der Waals surface area contributed by atoms with Gasteiger partial charge in [0, 0.05) is 23.2 Å². The van der Waals surface area contributed by atoms with E-state index in [1.54, 1.807) is 0 Å². The van der Waals surface area contributed by atoms with Crippen LogP contribution in [0.4, 0.5) is 10.5 Å². The summed E-state index contributed by atoms with van der Waals surface area (Å²) < 4.78 is 14.0. The molecule has 0 atom stereocenters. The summed E-state index contributed by atoms with van der Waals surface area (Å²) in [5.41, 5.74) is 4.76. The van der Waals surface area contributed by atoms with Gasteiger partial charge in [-0.05, 0) is 38.1 Å². The molecule has 0 saturated carbocycles. The number of amides is 1. The van der Waals surface area contributed by atoms with Crippen LogP contribution in [0.5, 0.6) is 0 Å². The summed E-state index contributed by atoms with van der Waals surface area (Å²) in [6.07, 6.45) is -0.621. The zero-order valence-corrected chi connectivity index (χ0v) is 17.9. The average molecular weight is 435 g/mol. The van der Waals surface area contributed by atoms with Gasteiger partial charge < -0.3 is 24.7 Å². The Bertz CT molecular complexity index is 1010. The first-order valence-corrected chi connectivity index (χ1v) is 10.9. The highest BCUT2D eigenvalue weighted by Crippen LogP contribution is 2.33. The fourth-order valence-electron chi connectivity index (χ4n) is 2.83. The van der Waals surface area contributed by atoms with E-state index in [0.29, 0.717) is 5.69 Å². The Morgan fingerprint density at radius 3 is 2.47 bits per heavy atom. The van der Waals surface area contributed by atoms with Crippen molar-refractivity contribution in [3.05, 3.63) is 48.0 Å². The molecule has 1 aromatic rings. The minimum Gasteiger partial charge on any atom is -0.447 e. The molecule has 3 rings (SSSR count). The fourth-order valence-corrected chi connectivity index (χ4v) is 2.83. The second-order valence-corrected chi connectivity index (χ2v) is 7.75. The predicted octanol–water partition coefficient (Wildman–Crippen LogP) is 3.48. The minimum absolute atomic E-state index is 0.161. The van der Waals surface area contributed by atoms with Crippen molar-refractivity contribution in [2.45, 2.75) is 33.4 Å². The molecular weight excluding hydrogens is 409 g/mol. The Hall–Kier alpha value is -2.55. The summed E-state index contributed by atoms with van der Waals surface area (Å²) in [6.45, 7) is 7.43. The molecule has 1 aliphatic carbocycles. The van der Waals surface area contributed by atoms with Crippen LogP contribution in [-0.4, -0.2) is 38.4 Å². The summed E-state index contributed by atoms with van der Waals surface area (Å²) in [5.74, 6) is 0. The van der Waals surface area contributed by atoms with Crippen molar-refractivity contribution < 1.29 is 28.8 Å². The van der Waals surface area contributed by atoms with Gasteiger partial charge in [0.2, 0.25) is 0 Å². The largest absolute Gasteiger partial charge is 0.466 e. The number of hydrogen-bond donors (Lipinski definition) is 5. The van der Waals surface area contributed by atoms with E-state index in [1.165, 1.54) is 5.56 Å². The zero-order valence-electron chi connectivity index (χ0n) is 17.0. The molecule has 2 aliphatic rings. The maximum atomic E-state index is 11.8. The Labute approximate surface area is 174 Å². The van der Waals surface area contributed by atoms with Crippen molar-refractivity contribution in [3.63, 3.8) is 0 Å². The number of anilines is 1. The zero-order chi connectivity index (χ0) is 22.3. The third-order valence-corrected chi connectivity index (χ3v) is 3.90. The molecule has 0 radical (unpaired) electrons. The molecule has 0 bridgehead atoms. The molecule has 30 heavy (non-hydrogen) atoms. The molecular formula is C20H26N3O6P. The first-order chi connectivity index (χ1) is 14.1. The van der Waals surface area contributed by atoms with Gasteiger partial charge in [-0.25, -0.2) is 14.3 Å². The lowest BCUT2D eigenvalue weighted by molar-refractivity contribution is 0.130. The van der Waals surface area contributed by atoms with Crippen molar-refractivity contribution in [3.8, 4) is 11.3 Å². The molecule has 0 aromatic heterocycles. The van der Waals surface area contributed by atoms with Gasteiger partial charge >= 0.3 is 13.9 Å². The molecule has 1 amide bonds. The van der Waals surface area contributed by atoms with Crippen LogP contribution >= 0.6 is 7.82 Å². The quantitative estimate of drug-likeness (QED) is 0.384. The standard InChI is InChI=1S/C20H23N3O2.H3O4P/c1-4-21-12-14-7-5-10-17-16-9-6-8-15(11-18(16)23-19(14)17)22-20(24)25-13(2)3;1-5(2,3)4/h5-11,13,21H,4,12H2,1-3H3,(H,22,24);(H3,1,2,3,4). The van der Waals surface area contributed by atoms with Crippen LogP contribution in [-0.2, 0) is 15.8 Å². The number of rotatable bonds is 5. The minimum atomic E-state index is -4.64. The number of nitrogens with one attached hydrogen (secondary N) is 2. The highest BCUT2D eigenvalue weighted by molar-refractivity contribution is 7.45. The Kier molecular flexibility index (Phi) is 8.28. The maximum Gasteiger partial charge on any atom is 0.466 e. The number of nitrogens with zero attached hydrogens (tertiary/aromatic N) is 1. The van der Waals surface area contributed by atoms with Gasteiger partial charge in [0.25, 0.3) is 0 Å². The molecule has 0 saturated heterocycles. The third-order valence-electron chi connectivity index (χ3n) is 3.90. The van der Waals surface area contributed by atoms with E-state index in [9.17, 15) is 4.79 Å². The Morgan fingerprint density at radius 2 is 1.83 bits per heavy atom. The topological polar surface area (TPSA) is 141 Å². The molecule has 162 valence electrons. The van der Waals surface area contributed by atoms with E-state index in [-0.39, 0.29) is 6.10 Å². The monoisotopic (exact) mass is 435 g/mol. The van der Waals surface area contributed by atoms with Crippen molar-refractivity contribution in [1.82, 2.24) is 10.3 Å². The van der Waals surface area contributed by atoms with Crippen LogP contribution in [0.3, 0.4) is 0 Å². The van der Waals surface area contributed by atoms with Crippen LogP contribution in [0.15, 0.2) is 42.5 Å². The molecule has 0 fully saturated rings. The van der Waals surface area contributed by atoms with Gasteiger partial charge in [0.05, 0.1) is 17.3 Å². The van der Waals surface area contributed by atoms with Gasteiger partial charge in [-0.1, -0.05) is 37.3 Å². The number of benzene rings is 1. The summed E-state index contributed by atoms with van der Waals surface area (Å²) in [4.78, 5) is 38.2. The molecule has 0 spiro atoms. The number of fused-ring (bicyclic) bond motifs is 3. The van der Waals surface area contributed by atoms with E-state index in [1.807, 2.05) is 38.1 Å². The van der Waals surface area contributed by atoms with Crippen molar-refractivity contribution >= 4 is 30.5 Å². The highest BCUT2D eigenvalue weighted by Gasteiger charge is 2.14. The Balaban J connectivity index is 0.000000575. The van der Waals surface area contributed by atoms with E-state index in [4.69, 9.17) is 29.0 Å². The number of hydrogen-bond acceptors (Lipinski definition) is 5. The summed E-state index contributed by atoms with van der Waals surface area (Å²) in [7, 11) is -4.64. The van der Waals surface area contributed by atoms with E-state index < -0.39 is 13.9 Å². The fraction of sp³-hybridized carbons (Fsp3) is 0.300. The summed E-state index contributed by atoms with van der Waals surface area (Å²) in [5, 5.41) is 7.24. The van der Waals surface area contributed by atoms with Crippen LogP contribution in [0.25, 0.3) is 22.2 Å². The lowest BCUT2D eigenvalue weighted by Crippen LogP contribution is -2.17. The lowest BCUT2D eigenvalue weighted by atomic mass is 10.1. The molecule has 5 N–H and O–H groups in total. The lowest BCUT2D eigenvalue weighted by Gasteiger charge is -2.08. The van der Waals surface area contributed by atoms with Crippen molar-refractivity contribution in [1.29, 1.82) is 0 Å². The van der Waals surface area contributed by atoms with Crippen LogP contribution in [0, 0.1) is 0 Å². The average Bonchev–Trinajstić information content (AvgIpc) is 2.83. The van der Waals surface area contributed by atoms with Crippen LogP contribution in [0.1, 0.15) is 26.3 Å². The molecule has 9 nitrogen and oxygen atoms in total. The van der Waals surface area contributed by atoms with E-state index >= 15 is 0 Å². The normalized spacial score (nSPS) is 11.3. The number of carbonyl (C=O) groups is 1. The van der Waals surface area contributed by atoms with E-state index in [0.717, 1.165) is 35.2 Å². The summed E-state index contributed by atoms with van der Waals surface area (Å²) >= 11 is 0. The molecule has 0 unspecified atom stereocenters. The second-order valence-electron chi connectivity index (χ2n) is 6.72. The van der Waals surface area contributed by atoms with Crippen LogP contribution < -0.4 is 10.6 Å². The molecule has 10 heteroatoms. The number of ether oxygens (including phenoxy) is 1.